The van der Waals surface area contributed by atoms with E-state index in [0.29, 0.717) is 6.08 Å². The zero-order chi connectivity index (χ0) is 13.8. The first-order chi connectivity index (χ1) is 8.29. The van der Waals surface area contributed by atoms with Crippen molar-refractivity contribution in [3.8, 4) is 0 Å². The number of alkyl halides is 5. The van der Waals surface area contributed by atoms with E-state index in [9.17, 15) is 22.0 Å². The van der Waals surface area contributed by atoms with Gasteiger partial charge in [0.25, 0.3) is 0 Å². The zero-order valence-electron chi connectivity index (χ0n) is 9.47. The first-order valence-electron chi connectivity index (χ1n) is 5.13. The maximum Gasteiger partial charge on any atom is 0.461 e. The molecule has 0 atom stereocenters. The number of rotatable bonds is 4. The quantitative estimate of drug-likeness (QED) is 0.584. The van der Waals surface area contributed by atoms with E-state index in [0.717, 1.165) is 0 Å². The van der Waals surface area contributed by atoms with Crippen LogP contribution in [0.25, 0.3) is 6.08 Å². The molecule has 6 heteroatoms. The molecule has 0 fully saturated rings. The maximum atomic E-state index is 13.1. The molecule has 0 aliphatic carbocycles. The summed E-state index contributed by atoms with van der Waals surface area (Å²) in [7, 11) is 0. The molecule has 0 aromatic heterocycles. The largest absolute Gasteiger partial charge is 0.491 e. The van der Waals surface area contributed by atoms with Gasteiger partial charge in [0.1, 0.15) is 0 Å². The molecule has 0 radical (unpaired) electrons. The fourth-order valence-corrected chi connectivity index (χ4v) is 1.22. The highest BCUT2D eigenvalue weighted by Gasteiger charge is 2.61. The summed E-state index contributed by atoms with van der Waals surface area (Å²) in [5.74, 6) is -6.40. The molecule has 0 N–H and O–H groups in total. The molecule has 1 aromatic rings. The summed E-state index contributed by atoms with van der Waals surface area (Å²) in [5, 5.41) is 0. The van der Waals surface area contributed by atoms with Crippen LogP contribution in [0.2, 0.25) is 0 Å². The SMILES string of the molecule is CCO/C(=C\c1ccccc1)C(F)(F)C(F)(F)F. The number of halogens is 5. The number of benzene rings is 1. The lowest BCUT2D eigenvalue weighted by Gasteiger charge is -2.22. The van der Waals surface area contributed by atoms with Crippen molar-refractivity contribution in [2.24, 2.45) is 0 Å². The van der Waals surface area contributed by atoms with Gasteiger partial charge in [-0.05, 0) is 18.6 Å². The van der Waals surface area contributed by atoms with Crippen molar-refractivity contribution in [3.63, 3.8) is 0 Å². The lowest BCUT2D eigenvalue weighted by molar-refractivity contribution is -0.276. The first-order valence-corrected chi connectivity index (χ1v) is 5.13. The van der Waals surface area contributed by atoms with E-state index >= 15 is 0 Å². The van der Waals surface area contributed by atoms with Gasteiger partial charge in [-0.1, -0.05) is 30.3 Å². The van der Waals surface area contributed by atoms with E-state index in [-0.39, 0.29) is 12.2 Å². The second-order valence-electron chi connectivity index (χ2n) is 3.42. The van der Waals surface area contributed by atoms with Crippen molar-refractivity contribution in [3.05, 3.63) is 41.7 Å². The highest BCUT2D eigenvalue weighted by atomic mass is 19.4. The molecular formula is C12H11F5O. The minimum absolute atomic E-state index is 0.213. The van der Waals surface area contributed by atoms with Gasteiger partial charge in [-0.3, -0.25) is 0 Å². The fourth-order valence-electron chi connectivity index (χ4n) is 1.22. The van der Waals surface area contributed by atoms with Crippen LogP contribution in [0, 0.1) is 0 Å². The van der Waals surface area contributed by atoms with Crippen LogP contribution in [0.3, 0.4) is 0 Å². The summed E-state index contributed by atoms with van der Waals surface area (Å²) >= 11 is 0. The molecule has 1 rings (SSSR count). The molecule has 0 heterocycles. The topological polar surface area (TPSA) is 9.23 Å². The highest BCUT2D eigenvalue weighted by Crippen LogP contribution is 2.42. The van der Waals surface area contributed by atoms with Crippen molar-refractivity contribution in [2.45, 2.75) is 19.0 Å². The van der Waals surface area contributed by atoms with Gasteiger partial charge in [-0.25, -0.2) is 0 Å². The maximum absolute atomic E-state index is 13.1. The minimum Gasteiger partial charge on any atom is -0.491 e. The predicted octanol–water partition coefficient (Wildman–Crippen LogP) is 4.26. The molecular weight excluding hydrogens is 255 g/mol. The van der Waals surface area contributed by atoms with E-state index in [2.05, 4.69) is 4.74 Å². The number of ether oxygens (including phenoxy) is 1. The zero-order valence-corrected chi connectivity index (χ0v) is 9.47. The van der Waals surface area contributed by atoms with Crippen LogP contribution >= 0.6 is 0 Å². The molecule has 0 unspecified atom stereocenters. The Bertz CT molecular complexity index is 408. The molecule has 0 aliphatic heterocycles. The van der Waals surface area contributed by atoms with Gasteiger partial charge in [-0.15, -0.1) is 0 Å². The molecule has 100 valence electrons. The average Bonchev–Trinajstić information content (AvgIpc) is 2.28. The van der Waals surface area contributed by atoms with Crippen molar-refractivity contribution in [1.82, 2.24) is 0 Å². The summed E-state index contributed by atoms with van der Waals surface area (Å²) in [6.07, 6.45) is -4.99. The highest BCUT2D eigenvalue weighted by molar-refractivity contribution is 5.52. The van der Waals surface area contributed by atoms with Crippen LogP contribution in [0.5, 0.6) is 0 Å². The Labute approximate surface area is 101 Å². The van der Waals surface area contributed by atoms with E-state index in [1.807, 2.05) is 0 Å². The Kier molecular flexibility index (Phi) is 4.32. The van der Waals surface area contributed by atoms with Crippen molar-refractivity contribution in [1.29, 1.82) is 0 Å². The van der Waals surface area contributed by atoms with Crippen molar-refractivity contribution < 1.29 is 26.7 Å². The normalized spacial score (nSPS) is 13.6. The van der Waals surface area contributed by atoms with Crippen LogP contribution in [-0.2, 0) is 4.74 Å². The summed E-state index contributed by atoms with van der Waals surface area (Å²) in [6.45, 7) is 1.07. The summed E-state index contributed by atoms with van der Waals surface area (Å²) in [5.41, 5.74) is 0.213. The number of hydrogen-bond donors (Lipinski definition) is 0. The Morgan fingerprint density at radius 1 is 1.11 bits per heavy atom. The van der Waals surface area contributed by atoms with Crippen LogP contribution in [0.4, 0.5) is 22.0 Å². The molecule has 0 amide bonds. The summed E-state index contributed by atoms with van der Waals surface area (Å²) in [6, 6.07) is 7.50. The first kappa shape index (κ1) is 14.5. The van der Waals surface area contributed by atoms with Crippen molar-refractivity contribution in [2.75, 3.05) is 6.61 Å². The lowest BCUT2D eigenvalue weighted by atomic mass is 10.1. The minimum atomic E-state index is -5.68. The third-order valence-electron chi connectivity index (χ3n) is 2.06. The van der Waals surface area contributed by atoms with Crippen molar-refractivity contribution >= 4 is 6.08 Å². The number of hydrogen-bond acceptors (Lipinski definition) is 1. The van der Waals surface area contributed by atoms with Gasteiger partial charge in [-0.2, -0.15) is 22.0 Å². The summed E-state index contributed by atoms with van der Waals surface area (Å²) in [4.78, 5) is 0. The third-order valence-corrected chi connectivity index (χ3v) is 2.06. The molecule has 0 saturated heterocycles. The molecule has 0 aliphatic rings. The summed E-state index contributed by atoms with van der Waals surface area (Å²) < 4.78 is 67.4. The monoisotopic (exact) mass is 266 g/mol. The fraction of sp³-hybridized carbons (Fsp3) is 0.333. The molecule has 18 heavy (non-hydrogen) atoms. The third kappa shape index (κ3) is 3.21. The van der Waals surface area contributed by atoms with Gasteiger partial charge in [0.05, 0.1) is 6.61 Å². The smallest absolute Gasteiger partial charge is 0.461 e. The van der Waals surface area contributed by atoms with Crippen LogP contribution in [0.1, 0.15) is 12.5 Å². The lowest BCUT2D eigenvalue weighted by Crippen LogP contribution is -2.39. The van der Waals surface area contributed by atoms with Crippen LogP contribution in [0.15, 0.2) is 36.1 Å². The molecule has 0 spiro atoms. The van der Waals surface area contributed by atoms with Gasteiger partial charge >= 0.3 is 12.1 Å². The van der Waals surface area contributed by atoms with Crippen LogP contribution < -0.4 is 0 Å². The molecule has 1 nitrogen and oxygen atoms in total. The number of allylic oxidation sites excluding steroid dienone is 1. The van der Waals surface area contributed by atoms with Gasteiger partial charge < -0.3 is 4.74 Å². The Morgan fingerprint density at radius 2 is 1.67 bits per heavy atom. The second-order valence-corrected chi connectivity index (χ2v) is 3.42. The molecule has 0 saturated carbocycles. The molecule has 0 bridgehead atoms. The van der Waals surface area contributed by atoms with E-state index in [1.54, 1.807) is 6.07 Å². The Morgan fingerprint density at radius 3 is 2.11 bits per heavy atom. The Balaban J connectivity index is 3.15. The van der Waals surface area contributed by atoms with Crippen LogP contribution in [-0.4, -0.2) is 18.7 Å². The van der Waals surface area contributed by atoms with Gasteiger partial charge in [0.2, 0.25) is 0 Å². The van der Waals surface area contributed by atoms with E-state index in [4.69, 9.17) is 0 Å². The van der Waals surface area contributed by atoms with Gasteiger partial charge in [0, 0.05) is 0 Å². The van der Waals surface area contributed by atoms with Gasteiger partial charge in [0.15, 0.2) is 5.76 Å². The average molecular weight is 266 g/mol. The predicted molar refractivity (Wildman–Crippen MR) is 57.0 cm³/mol. The van der Waals surface area contributed by atoms with E-state index < -0.39 is 17.9 Å². The molecule has 1 aromatic carbocycles. The second kappa shape index (κ2) is 5.37. The standard InChI is InChI=1S/C12H11F5O/c1-2-18-10(11(13,14)12(15,16)17)8-9-6-4-3-5-7-9/h3-8H,2H2,1H3/b10-8-. The Hall–Kier alpha value is -1.59. The van der Waals surface area contributed by atoms with E-state index in [1.165, 1.54) is 31.2 Å².